The molecule has 1 aliphatic carbocycles. The van der Waals surface area contributed by atoms with E-state index < -0.39 is 0 Å². The summed E-state index contributed by atoms with van der Waals surface area (Å²) in [7, 11) is 0. The Labute approximate surface area is 88.1 Å². The molecule has 3 N–H and O–H groups in total. The molecule has 2 aliphatic rings. The molecule has 4 nitrogen and oxygen atoms in total. The fourth-order valence-electron chi connectivity index (χ4n) is 2.03. The highest BCUT2D eigenvalue weighted by molar-refractivity contribution is 6.01. The van der Waals surface area contributed by atoms with Gasteiger partial charge in [0.05, 0.1) is 17.9 Å². The first-order valence-electron chi connectivity index (χ1n) is 5.20. The maximum atomic E-state index is 11.5. The Kier molecular flexibility index (Phi) is 1.65. The highest BCUT2D eigenvalue weighted by atomic mass is 16.2. The van der Waals surface area contributed by atoms with E-state index in [1.165, 1.54) is 12.8 Å². The Hall–Kier alpha value is -1.71. The van der Waals surface area contributed by atoms with Crippen LogP contribution < -0.4 is 16.0 Å². The summed E-state index contributed by atoms with van der Waals surface area (Å²) in [5, 5.41) is 2.86. The van der Waals surface area contributed by atoms with Gasteiger partial charge >= 0.3 is 0 Å². The Bertz CT molecular complexity index is 426. The van der Waals surface area contributed by atoms with Gasteiger partial charge in [-0.2, -0.15) is 0 Å². The van der Waals surface area contributed by atoms with E-state index >= 15 is 0 Å². The van der Waals surface area contributed by atoms with Crippen LogP contribution in [0.3, 0.4) is 0 Å². The van der Waals surface area contributed by atoms with E-state index in [1.807, 2.05) is 18.2 Å². The third-order valence-corrected chi connectivity index (χ3v) is 2.91. The zero-order valence-corrected chi connectivity index (χ0v) is 8.36. The van der Waals surface area contributed by atoms with Gasteiger partial charge in [-0.15, -0.1) is 0 Å². The van der Waals surface area contributed by atoms with E-state index in [4.69, 9.17) is 5.73 Å². The summed E-state index contributed by atoms with van der Waals surface area (Å²) in [5.74, 6) is 0.0687. The predicted molar refractivity (Wildman–Crippen MR) is 59.9 cm³/mol. The SMILES string of the molecule is Nc1ccc2c(c1)N(C1CC1)CC(=O)N2. The molecule has 0 bridgehead atoms. The summed E-state index contributed by atoms with van der Waals surface area (Å²) in [6.07, 6.45) is 2.36. The van der Waals surface area contributed by atoms with Gasteiger partial charge in [0.1, 0.15) is 0 Å². The van der Waals surface area contributed by atoms with E-state index in [1.54, 1.807) is 0 Å². The van der Waals surface area contributed by atoms with Crippen LogP contribution in [0, 0.1) is 0 Å². The topological polar surface area (TPSA) is 58.4 Å². The Morgan fingerprint density at radius 1 is 1.40 bits per heavy atom. The maximum Gasteiger partial charge on any atom is 0.243 e. The molecule has 78 valence electrons. The molecule has 0 aromatic heterocycles. The molecule has 1 fully saturated rings. The Morgan fingerprint density at radius 2 is 2.20 bits per heavy atom. The van der Waals surface area contributed by atoms with Crippen molar-refractivity contribution in [3.8, 4) is 0 Å². The molecule has 3 rings (SSSR count). The second-order valence-electron chi connectivity index (χ2n) is 4.18. The average Bonchev–Trinajstić information content (AvgIpc) is 3.01. The van der Waals surface area contributed by atoms with Gasteiger partial charge in [0, 0.05) is 11.7 Å². The molecular formula is C11H13N3O. The van der Waals surface area contributed by atoms with Gasteiger partial charge in [-0.25, -0.2) is 0 Å². The lowest BCUT2D eigenvalue weighted by Gasteiger charge is -2.31. The number of carbonyl (C=O) groups is 1. The lowest BCUT2D eigenvalue weighted by molar-refractivity contribution is -0.115. The summed E-state index contributed by atoms with van der Waals surface area (Å²) >= 11 is 0. The summed E-state index contributed by atoms with van der Waals surface area (Å²) in [4.78, 5) is 13.6. The van der Waals surface area contributed by atoms with Crippen LogP contribution in [-0.2, 0) is 4.79 Å². The van der Waals surface area contributed by atoms with Crippen LogP contribution in [0.1, 0.15) is 12.8 Å². The van der Waals surface area contributed by atoms with E-state index in [2.05, 4.69) is 10.2 Å². The van der Waals surface area contributed by atoms with Crippen molar-refractivity contribution in [1.82, 2.24) is 0 Å². The number of anilines is 3. The Balaban J connectivity index is 2.06. The van der Waals surface area contributed by atoms with E-state index in [0.29, 0.717) is 12.6 Å². The maximum absolute atomic E-state index is 11.5. The quantitative estimate of drug-likeness (QED) is 0.674. The van der Waals surface area contributed by atoms with Crippen LogP contribution in [0.25, 0.3) is 0 Å². The monoisotopic (exact) mass is 203 g/mol. The smallest absolute Gasteiger partial charge is 0.243 e. The molecule has 1 aliphatic heterocycles. The minimum Gasteiger partial charge on any atom is -0.399 e. The molecule has 0 radical (unpaired) electrons. The number of hydrogen-bond donors (Lipinski definition) is 2. The number of nitrogens with two attached hydrogens (primary N) is 1. The van der Waals surface area contributed by atoms with Crippen molar-refractivity contribution in [2.75, 3.05) is 22.5 Å². The van der Waals surface area contributed by atoms with Crippen LogP contribution in [0.2, 0.25) is 0 Å². The van der Waals surface area contributed by atoms with E-state index in [-0.39, 0.29) is 5.91 Å². The van der Waals surface area contributed by atoms with Gasteiger partial charge in [-0.1, -0.05) is 0 Å². The lowest BCUT2D eigenvalue weighted by Crippen LogP contribution is -2.39. The van der Waals surface area contributed by atoms with Gasteiger partial charge in [0.15, 0.2) is 0 Å². The van der Waals surface area contributed by atoms with Gasteiger partial charge in [0.25, 0.3) is 0 Å². The molecule has 1 amide bonds. The van der Waals surface area contributed by atoms with Crippen LogP contribution >= 0.6 is 0 Å². The van der Waals surface area contributed by atoms with Gasteiger partial charge in [-0.3, -0.25) is 4.79 Å². The molecule has 0 spiro atoms. The van der Waals surface area contributed by atoms with Crippen molar-refractivity contribution in [2.24, 2.45) is 0 Å². The minimum atomic E-state index is 0.0687. The zero-order valence-electron chi connectivity index (χ0n) is 8.36. The first-order valence-corrected chi connectivity index (χ1v) is 5.20. The van der Waals surface area contributed by atoms with Crippen LogP contribution in [0.15, 0.2) is 18.2 Å². The number of nitrogens with zero attached hydrogens (tertiary/aromatic N) is 1. The van der Waals surface area contributed by atoms with E-state index in [9.17, 15) is 4.79 Å². The first-order chi connectivity index (χ1) is 7.24. The second kappa shape index (κ2) is 2.89. The summed E-state index contributed by atoms with van der Waals surface area (Å²) in [6, 6.07) is 6.16. The standard InChI is InChI=1S/C11H13N3O/c12-7-1-4-9-10(5-7)14(8-2-3-8)6-11(15)13-9/h1,4-5,8H,2-3,6,12H2,(H,13,15). The summed E-state index contributed by atoms with van der Waals surface area (Å²) in [5.41, 5.74) is 8.45. The first kappa shape index (κ1) is 8.59. The number of carbonyl (C=O) groups excluding carboxylic acids is 1. The summed E-state index contributed by atoms with van der Waals surface area (Å²) < 4.78 is 0. The van der Waals surface area contributed by atoms with E-state index in [0.717, 1.165) is 17.1 Å². The number of nitrogens with one attached hydrogen (secondary N) is 1. The lowest BCUT2D eigenvalue weighted by atomic mass is 10.1. The number of nitrogen functional groups attached to an aromatic ring is 1. The minimum absolute atomic E-state index is 0.0687. The third kappa shape index (κ3) is 1.42. The van der Waals surface area contributed by atoms with Crippen molar-refractivity contribution in [3.63, 3.8) is 0 Å². The van der Waals surface area contributed by atoms with Gasteiger partial charge in [-0.05, 0) is 31.0 Å². The van der Waals surface area contributed by atoms with Crippen molar-refractivity contribution >= 4 is 23.0 Å². The molecule has 1 aromatic carbocycles. The van der Waals surface area contributed by atoms with Crippen molar-refractivity contribution in [2.45, 2.75) is 18.9 Å². The fraction of sp³-hybridized carbons (Fsp3) is 0.364. The Morgan fingerprint density at radius 3 is 2.93 bits per heavy atom. The number of fused-ring (bicyclic) bond motifs is 1. The molecule has 1 saturated carbocycles. The van der Waals surface area contributed by atoms with Crippen LogP contribution in [0.5, 0.6) is 0 Å². The fourth-order valence-corrected chi connectivity index (χ4v) is 2.03. The molecule has 0 unspecified atom stereocenters. The number of benzene rings is 1. The summed E-state index contributed by atoms with van der Waals surface area (Å²) in [6.45, 7) is 0.459. The molecule has 4 heteroatoms. The molecule has 15 heavy (non-hydrogen) atoms. The number of hydrogen-bond acceptors (Lipinski definition) is 3. The number of rotatable bonds is 1. The molecule has 1 heterocycles. The van der Waals surface area contributed by atoms with Crippen molar-refractivity contribution in [1.29, 1.82) is 0 Å². The third-order valence-electron chi connectivity index (χ3n) is 2.91. The van der Waals surface area contributed by atoms with Crippen LogP contribution in [-0.4, -0.2) is 18.5 Å². The van der Waals surface area contributed by atoms with Crippen molar-refractivity contribution in [3.05, 3.63) is 18.2 Å². The molecule has 1 aromatic rings. The van der Waals surface area contributed by atoms with Crippen LogP contribution in [0.4, 0.5) is 17.1 Å². The highest BCUT2D eigenvalue weighted by Gasteiger charge is 2.34. The van der Waals surface area contributed by atoms with Gasteiger partial charge in [0.2, 0.25) is 5.91 Å². The molecular weight excluding hydrogens is 190 g/mol. The average molecular weight is 203 g/mol. The molecule has 0 atom stereocenters. The molecule has 0 saturated heterocycles. The zero-order chi connectivity index (χ0) is 10.4. The number of amides is 1. The highest BCUT2D eigenvalue weighted by Crippen LogP contribution is 2.38. The van der Waals surface area contributed by atoms with Crippen molar-refractivity contribution < 1.29 is 4.79 Å². The largest absolute Gasteiger partial charge is 0.399 e. The predicted octanol–water partition coefficient (Wildman–Crippen LogP) is 1.19. The van der Waals surface area contributed by atoms with Gasteiger partial charge < -0.3 is 16.0 Å². The second-order valence-corrected chi connectivity index (χ2v) is 4.18. The normalized spacial score (nSPS) is 19.7.